The summed E-state index contributed by atoms with van der Waals surface area (Å²) in [5.74, 6) is 1.29. The predicted molar refractivity (Wildman–Crippen MR) is 120 cm³/mol. The van der Waals surface area contributed by atoms with Gasteiger partial charge in [-0.2, -0.15) is 0 Å². The van der Waals surface area contributed by atoms with E-state index in [1.165, 1.54) is 12.1 Å². The molecule has 156 valence electrons. The van der Waals surface area contributed by atoms with Crippen molar-refractivity contribution < 1.29 is 4.39 Å². The topological polar surface area (TPSA) is 75.9 Å². The van der Waals surface area contributed by atoms with Gasteiger partial charge in [-0.15, -0.1) is 0 Å². The Morgan fingerprint density at radius 1 is 1.00 bits per heavy atom. The van der Waals surface area contributed by atoms with Gasteiger partial charge in [-0.25, -0.2) is 14.4 Å². The first-order valence-corrected chi connectivity index (χ1v) is 10.6. The molecular formula is C23H25ClFN5. The monoisotopic (exact) mass is 425 g/mol. The summed E-state index contributed by atoms with van der Waals surface area (Å²) in [6, 6.07) is 13.0. The highest BCUT2D eigenvalue weighted by Crippen LogP contribution is 2.31. The average molecular weight is 426 g/mol. The van der Waals surface area contributed by atoms with Crippen molar-refractivity contribution in [1.29, 1.82) is 0 Å². The van der Waals surface area contributed by atoms with Gasteiger partial charge in [0.15, 0.2) is 0 Å². The minimum Gasteiger partial charge on any atom is -0.367 e. The molecule has 1 aliphatic rings. The van der Waals surface area contributed by atoms with E-state index in [0.29, 0.717) is 23.7 Å². The Morgan fingerprint density at radius 3 is 2.53 bits per heavy atom. The van der Waals surface area contributed by atoms with Crippen LogP contribution in [0.1, 0.15) is 31.2 Å². The van der Waals surface area contributed by atoms with Gasteiger partial charge in [0.25, 0.3) is 0 Å². The SMILES string of the molecule is NC1CCC(Nc2cc(-c3ccnc(NCc4ccc(F)cc4)c3)c(Cl)cn2)CC1. The molecule has 0 unspecified atom stereocenters. The van der Waals surface area contributed by atoms with Crippen molar-refractivity contribution in [2.24, 2.45) is 5.73 Å². The summed E-state index contributed by atoms with van der Waals surface area (Å²) in [5.41, 5.74) is 8.83. The fourth-order valence-corrected chi connectivity index (χ4v) is 3.91. The molecule has 0 radical (unpaired) electrons. The zero-order valence-corrected chi connectivity index (χ0v) is 17.4. The van der Waals surface area contributed by atoms with Crippen LogP contribution < -0.4 is 16.4 Å². The molecule has 1 fully saturated rings. The zero-order valence-electron chi connectivity index (χ0n) is 16.6. The van der Waals surface area contributed by atoms with E-state index in [9.17, 15) is 4.39 Å². The molecule has 4 N–H and O–H groups in total. The quantitative estimate of drug-likeness (QED) is 0.504. The van der Waals surface area contributed by atoms with Crippen LogP contribution in [0.5, 0.6) is 0 Å². The maximum absolute atomic E-state index is 13.1. The Morgan fingerprint density at radius 2 is 1.77 bits per heavy atom. The van der Waals surface area contributed by atoms with Crippen molar-refractivity contribution in [3.05, 3.63) is 71.3 Å². The van der Waals surface area contributed by atoms with Gasteiger partial charge >= 0.3 is 0 Å². The van der Waals surface area contributed by atoms with E-state index in [2.05, 4.69) is 20.6 Å². The molecule has 0 atom stereocenters. The maximum atomic E-state index is 13.1. The largest absolute Gasteiger partial charge is 0.367 e. The molecule has 5 nitrogen and oxygen atoms in total. The minimum absolute atomic E-state index is 0.244. The van der Waals surface area contributed by atoms with Crippen molar-refractivity contribution in [3.63, 3.8) is 0 Å². The van der Waals surface area contributed by atoms with E-state index < -0.39 is 0 Å². The van der Waals surface area contributed by atoms with Gasteiger partial charge in [-0.3, -0.25) is 0 Å². The highest BCUT2D eigenvalue weighted by atomic mass is 35.5. The number of nitrogens with zero attached hydrogens (tertiary/aromatic N) is 2. The number of pyridine rings is 2. The lowest BCUT2D eigenvalue weighted by atomic mass is 9.92. The molecule has 1 saturated carbocycles. The Balaban J connectivity index is 1.47. The van der Waals surface area contributed by atoms with Gasteiger partial charge in [-0.1, -0.05) is 23.7 Å². The summed E-state index contributed by atoms with van der Waals surface area (Å²) in [5, 5.41) is 7.38. The molecule has 2 aromatic heterocycles. The van der Waals surface area contributed by atoms with E-state index in [0.717, 1.165) is 54.0 Å². The highest BCUT2D eigenvalue weighted by molar-refractivity contribution is 6.33. The lowest BCUT2D eigenvalue weighted by Gasteiger charge is -2.27. The Bertz CT molecular complexity index is 987. The molecular weight excluding hydrogens is 401 g/mol. The summed E-state index contributed by atoms with van der Waals surface area (Å²) in [4.78, 5) is 8.83. The van der Waals surface area contributed by atoms with Crippen LogP contribution in [0.2, 0.25) is 5.02 Å². The molecule has 1 aromatic carbocycles. The molecule has 0 aliphatic heterocycles. The number of nitrogens with one attached hydrogen (secondary N) is 2. The number of anilines is 2. The Labute approximate surface area is 180 Å². The molecule has 30 heavy (non-hydrogen) atoms. The number of hydrogen-bond acceptors (Lipinski definition) is 5. The van der Waals surface area contributed by atoms with Crippen LogP contribution in [0.4, 0.5) is 16.0 Å². The van der Waals surface area contributed by atoms with Gasteiger partial charge in [0.1, 0.15) is 17.5 Å². The lowest BCUT2D eigenvalue weighted by molar-refractivity contribution is 0.410. The number of aromatic nitrogens is 2. The molecule has 0 bridgehead atoms. The van der Waals surface area contributed by atoms with Crippen molar-refractivity contribution in [3.8, 4) is 11.1 Å². The molecule has 0 spiro atoms. The van der Waals surface area contributed by atoms with Crippen LogP contribution >= 0.6 is 11.6 Å². The summed E-state index contributed by atoms with van der Waals surface area (Å²) < 4.78 is 13.1. The maximum Gasteiger partial charge on any atom is 0.126 e. The summed E-state index contributed by atoms with van der Waals surface area (Å²) >= 11 is 6.45. The first kappa shape index (κ1) is 20.6. The zero-order chi connectivity index (χ0) is 20.9. The van der Waals surface area contributed by atoms with Crippen LogP contribution in [-0.2, 0) is 6.54 Å². The van der Waals surface area contributed by atoms with E-state index in [4.69, 9.17) is 17.3 Å². The fraction of sp³-hybridized carbons (Fsp3) is 0.304. The van der Waals surface area contributed by atoms with Gasteiger partial charge < -0.3 is 16.4 Å². The highest BCUT2D eigenvalue weighted by Gasteiger charge is 2.19. The van der Waals surface area contributed by atoms with Gasteiger partial charge in [0.05, 0.1) is 5.02 Å². The normalized spacial score (nSPS) is 18.8. The second-order valence-electron chi connectivity index (χ2n) is 7.72. The van der Waals surface area contributed by atoms with E-state index in [1.54, 1.807) is 24.5 Å². The Kier molecular flexibility index (Phi) is 6.45. The number of hydrogen-bond donors (Lipinski definition) is 3. The van der Waals surface area contributed by atoms with Crippen LogP contribution in [0.15, 0.2) is 54.9 Å². The average Bonchev–Trinajstić information content (AvgIpc) is 2.76. The van der Waals surface area contributed by atoms with Crippen molar-refractivity contribution in [2.45, 2.75) is 44.3 Å². The smallest absolute Gasteiger partial charge is 0.126 e. The van der Waals surface area contributed by atoms with E-state index >= 15 is 0 Å². The minimum atomic E-state index is -0.244. The lowest BCUT2D eigenvalue weighted by Crippen LogP contribution is -2.33. The van der Waals surface area contributed by atoms with Gasteiger partial charge in [0, 0.05) is 36.6 Å². The summed E-state index contributed by atoms with van der Waals surface area (Å²) in [6.45, 7) is 0.553. The predicted octanol–water partition coefficient (Wildman–Crippen LogP) is 5.23. The van der Waals surface area contributed by atoms with E-state index in [-0.39, 0.29) is 5.82 Å². The number of benzene rings is 1. The number of nitrogens with two attached hydrogens (primary N) is 1. The molecule has 7 heteroatoms. The van der Waals surface area contributed by atoms with Gasteiger partial charge in [-0.05, 0) is 67.1 Å². The van der Waals surface area contributed by atoms with Crippen LogP contribution in [-0.4, -0.2) is 22.1 Å². The van der Waals surface area contributed by atoms with Gasteiger partial charge in [0.2, 0.25) is 0 Å². The van der Waals surface area contributed by atoms with E-state index in [1.807, 2.05) is 18.2 Å². The molecule has 0 amide bonds. The second kappa shape index (κ2) is 9.41. The summed E-state index contributed by atoms with van der Waals surface area (Å²) in [6.07, 6.45) is 7.59. The standard InChI is InChI=1S/C23H25ClFN5/c24-21-14-29-23(30-19-7-5-18(26)6-8-19)12-20(21)16-9-10-27-22(11-16)28-13-15-1-3-17(25)4-2-15/h1-4,9-12,14,18-19H,5-8,13,26H2,(H,27,28)(H,29,30). The van der Waals surface area contributed by atoms with Crippen LogP contribution in [0, 0.1) is 5.82 Å². The molecule has 4 rings (SSSR count). The van der Waals surface area contributed by atoms with Crippen LogP contribution in [0.3, 0.4) is 0 Å². The third-order valence-corrected chi connectivity index (χ3v) is 5.74. The number of rotatable bonds is 6. The number of halogens is 2. The summed E-state index contributed by atoms with van der Waals surface area (Å²) in [7, 11) is 0. The first-order valence-electron chi connectivity index (χ1n) is 10.2. The third-order valence-electron chi connectivity index (χ3n) is 5.44. The van der Waals surface area contributed by atoms with Crippen molar-refractivity contribution in [1.82, 2.24) is 9.97 Å². The van der Waals surface area contributed by atoms with Crippen molar-refractivity contribution in [2.75, 3.05) is 10.6 Å². The molecule has 0 saturated heterocycles. The Hall–Kier alpha value is -2.70. The van der Waals surface area contributed by atoms with Crippen LogP contribution in [0.25, 0.3) is 11.1 Å². The first-order chi connectivity index (χ1) is 14.6. The molecule has 2 heterocycles. The molecule has 1 aliphatic carbocycles. The second-order valence-corrected chi connectivity index (χ2v) is 8.12. The van der Waals surface area contributed by atoms with Crippen molar-refractivity contribution >= 4 is 23.2 Å². The third kappa shape index (κ3) is 5.26. The fourth-order valence-electron chi connectivity index (χ4n) is 3.70. The molecule has 3 aromatic rings.